The van der Waals surface area contributed by atoms with Gasteiger partial charge in [0.15, 0.2) is 5.82 Å². The Balaban J connectivity index is 1.82. The molecule has 0 radical (unpaired) electrons. The van der Waals surface area contributed by atoms with Gasteiger partial charge in [0, 0.05) is 11.3 Å². The topological polar surface area (TPSA) is 128 Å². The van der Waals surface area contributed by atoms with E-state index in [4.69, 9.17) is 5.26 Å². The molecule has 0 unspecified atom stereocenters. The summed E-state index contributed by atoms with van der Waals surface area (Å²) in [6, 6.07) is 7.69. The summed E-state index contributed by atoms with van der Waals surface area (Å²) in [7, 11) is -1.81. The molecular formula is C21H25N5O3S. The monoisotopic (exact) mass is 427 g/mol. The Hall–Kier alpha value is -2.96. The second kappa shape index (κ2) is 9.69. The van der Waals surface area contributed by atoms with Gasteiger partial charge in [-0.2, -0.15) is 5.26 Å². The SMILES string of the molecule is CNS(=O)(=O)CCCc1ccc(NC(=O)c2ncc(C#N)[nH]2)c(C2=CCCCC2)c1. The molecule has 1 aromatic carbocycles. The quantitative estimate of drug-likeness (QED) is 0.597. The third-order valence-electron chi connectivity index (χ3n) is 5.07. The number of hydrogen-bond acceptors (Lipinski definition) is 5. The fourth-order valence-electron chi connectivity index (χ4n) is 3.45. The molecule has 0 aliphatic heterocycles. The van der Waals surface area contributed by atoms with E-state index in [-0.39, 0.29) is 17.3 Å². The summed E-state index contributed by atoms with van der Waals surface area (Å²) in [6.45, 7) is 0. The molecule has 1 heterocycles. The average molecular weight is 428 g/mol. The Morgan fingerprint density at radius 2 is 2.17 bits per heavy atom. The van der Waals surface area contributed by atoms with E-state index in [0.29, 0.717) is 18.5 Å². The van der Waals surface area contributed by atoms with Crippen LogP contribution in [0.1, 0.15) is 59.5 Å². The van der Waals surface area contributed by atoms with Crippen LogP contribution >= 0.6 is 0 Å². The number of hydrogen-bond donors (Lipinski definition) is 3. The summed E-state index contributed by atoms with van der Waals surface area (Å²) in [5.41, 5.74) is 4.05. The van der Waals surface area contributed by atoms with Gasteiger partial charge in [0.2, 0.25) is 10.0 Å². The van der Waals surface area contributed by atoms with Crippen molar-refractivity contribution < 1.29 is 13.2 Å². The highest BCUT2D eigenvalue weighted by Crippen LogP contribution is 2.33. The number of aromatic nitrogens is 2. The fourth-order valence-corrected chi connectivity index (χ4v) is 4.18. The van der Waals surface area contributed by atoms with Crippen molar-refractivity contribution >= 4 is 27.2 Å². The van der Waals surface area contributed by atoms with Crippen LogP contribution < -0.4 is 10.0 Å². The Morgan fingerprint density at radius 3 is 2.83 bits per heavy atom. The van der Waals surface area contributed by atoms with Crippen LogP contribution in [0.5, 0.6) is 0 Å². The molecule has 0 spiro atoms. The van der Waals surface area contributed by atoms with E-state index in [2.05, 4.69) is 26.1 Å². The van der Waals surface area contributed by atoms with E-state index < -0.39 is 15.9 Å². The lowest BCUT2D eigenvalue weighted by Crippen LogP contribution is -2.22. The molecule has 0 saturated carbocycles. The molecule has 2 aromatic rings. The zero-order chi connectivity index (χ0) is 21.6. The van der Waals surface area contributed by atoms with E-state index in [1.807, 2.05) is 24.3 Å². The van der Waals surface area contributed by atoms with Crippen molar-refractivity contribution in [3.05, 3.63) is 53.1 Å². The van der Waals surface area contributed by atoms with Crippen LogP contribution in [0.4, 0.5) is 5.69 Å². The van der Waals surface area contributed by atoms with Crippen molar-refractivity contribution in [1.82, 2.24) is 14.7 Å². The number of rotatable bonds is 8. The summed E-state index contributed by atoms with van der Waals surface area (Å²) in [5, 5.41) is 11.8. The summed E-state index contributed by atoms with van der Waals surface area (Å²) >= 11 is 0. The third kappa shape index (κ3) is 5.55. The van der Waals surface area contributed by atoms with E-state index in [1.165, 1.54) is 18.8 Å². The number of anilines is 1. The van der Waals surface area contributed by atoms with Gasteiger partial charge in [0.25, 0.3) is 5.91 Å². The number of H-pyrrole nitrogens is 1. The fraction of sp³-hybridized carbons (Fsp3) is 0.381. The number of imidazole rings is 1. The molecule has 0 fully saturated rings. The first-order valence-corrected chi connectivity index (χ1v) is 11.6. The second-order valence-electron chi connectivity index (χ2n) is 7.19. The molecule has 30 heavy (non-hydrogen) atoms. The lowest BCUT2D eigenvalue weighted by atomic mass is 9.91. The Labute approximate surface area is 176 Å². The van der Waals surface area contributed by atoms with Gasteiger partial charge >= 0.3 is 0 Å². The number of allylic oxidation sites excluding steroid dienone is 2. The zero-order valence-corrected chi connectivity index (χ0v) is 17.7. The number of sulfonamides is 1. The highest BCUT2D eigenvalue weighted by atomic mass is 32.2. The molecular weight excluding hydrogens is 402 g/mol. The Kier molecular flexibility index (Phi) is 7.03. The zero-order valence-electron chi connectivity index (χ0n) is 16.9. The van der Waals surface area contributed by atoms with Crippen LogP contribution in [0.25, 0.3) is 5.57 Å². The maximum absolute atomic E-state index is 12.6. The molecule has 1 aliphatic rings. The van der Waals surface area contributed by atoms with E-state index in [0.717, 1.165) is 36.8 Å². The minimum atomic E-state index is -3.23. The first-order valence-electron chi connectivity index (χ1n) is 9.92. The minimum absolute atomic E-state index is 0.0692. The average Bonchev–Trinajstić information content (AvgIpc) is 3.25. The first kappa shape index (κ1) is 21.7. The Bertz CT molecular complexity index is 1100. The number of benzene rings is 1. The number of aromatic amines is 1. The maximum atomic E-state index is 12.6. The number of carbonyl (C=O) groups is 1. The largest absolute Gasteiger partial charge is 0.326 e. The number of aryl methyl sites for hydroxylation is 1. The first-order chi connectivity index (χ1) is 14.4. The van der Waals surface area contributed by atoms with Crippen LogP contribution in [-0.2, 0) is 16.4 Å². The van der Waals surface area contributed by atoms with Gasteiger partial charge in [-0.3, -0.25) is 4.79 Å². The standard InChI is InChI=1S/C21H25N5O3S/c1-23-30(28,29)11-5-6-15-9-10-19(18(12-15)16-7-3-2-4-8-16)26-21(27)20-24-14-17(13-22)25-20/h7,9-10,12,14,23H,2-6,8,11H2,1H3,(H,24,25)(H,26,27). The predicted molar refractivity (Wildman–Crippen MR) is 115 cm³/mol. The molecule has 3 rings (SSSR count). The highest BCUT2D eigenvalue weighted by Gasteiger charge is 2.17. The number of nitrogens with one attached hydrogen (secondary N) is 3. The van der Waals surface area contributed by atoms with Crippen molar-refractivity contribution in [1.29, 1.82) is 5.26 Å². The van der Waals surface area contributed by atoms with Gasteiger partial charge in [-0.25, -0.2) is 18.1 Å². The predicted octanol–water partition coefficient (Wildman–Crippen LogP) is 2.97. The Morgan fingerprint density at radius 1 is 1.33 bits per heavy atom. The number of carbonyl (C=O) groups excluding carboxylic acids is 1. The van der Waals surface area contributed by atoms with Crippen molar-refractivity contribution in [3.63, 3.8) is 0 Å². The molecule has 0 saturated heterocycles. The van der Waals surface area contributed by atoms with Gasteiger partial charge in [-0.15, -0.1) is 0 Å². The summed E-state index contributed by atoms with van der Waals surface area (Å²) in [6.07, 6.45) is 8.82. The molecule has 8 nitrogen and oxygen atoms in total. The molecule has 3 N–H and O–H groups in total. The van der Waals surface area contributed by atoms with Gasteiger partial charge in [-0.1, -0.05) is 12.1 Å². The van der Waals surface area contributed by atoms with Gasteiger partial charge < -0.3 is 10.3 Å². The number of nitrogens with zero attached hydrogens (tertiary/aromatic N) is 2. The minimum Gasteiger partial charge on any atom is -0.326 e. The van der Waals surface area contributed by atoms with Crippen molar-refractivity contribution in [2.45, 2.75) is 38.5 Å². The summed E-state index contributed by atoms with van der Waals surface area (Å²) < 4.78 is 25.6. The van der Waals surface area contributed by atoms with E-state index >= 15 is 0 Å². The third-order valence-corrected chi connectivity index (χ3v) is 6.52. The lowest BCUT2D eigenvalue weighted by molar-refractivity contribution is 0.101. The van der Waals surface area contributed by atoms with Crippen molar-refractivity contribution in [2.75, 3.05) is 18.1 Å². The van der Waals surface area contributed by atoms with Crippen molar-refractivity contribution in [3.8, 4) is 6.07 Å². The molecule has 0 atom stereocenters. The van der Waals surface area contributed by atoms with E-state index in [9.17, 15) is 13.2 Å². The van der Waals surface area contributed by atoms with Crippen molar-refractivity contribution in [2.24, 2.45) is 0 Å². The lowest BCUT2D eigenvalue weighted by Gasteiger charge is -2.18. The second-order valence-corrected chi connectivity index (χ2v) is 9.24. The van der Waals surface area contributed by atoms with E-state index in [1.54, 1.807) is 0 Å². The highest BCUT2D eigenvalue weighted by molar-refractivity contribution is 7.89. The molecule has 0 bridgehead atoms. The molecule has 1 amide bonds. The molecule has 1 aliphatic carbocycles. The molecule has 9 heteroatoms. The van der Waals surface area contributed by atoms with Crippen LogP contribution in [0.15, 0.2) is 30.5 Å². The maximum Gasteiger partial charge on any atom is 0.291 e. The van der Waals surface area contributed by atoms with Gasteiger partial charge in [-0.05, 0) is 68.8 Å². The smallest absolute Gasteiger partial charge is 0.291 e. The normalized spacial score (nSPS) is 14.1. The van der Waals surface area contributed by atoms with Gasteiger partial charge in [0.05, 0.1) is 11.9 Å². The summed E-state index contributed by atoms with van der Waals surface area (Å²) in [4.78, 5) is 19.2. The van der Waals surface area contributed by atoms with Crippen LogP contribution in [0, 0.1) is 11.3 Å². The van der Waals surface area contributed by atoms with Crippen LogP contribution in [0.2, 0.25) is 0 Å². The van der Waals surface area contributed by atoms with Crippen LogP contribution in [0.3, 0.4) is 0 Å². The molecule has 158 valence electrons. The number of amides is 1. The van der Waals surface area contributed by atoms with Gasteiger partial charge in [0.1, 0.15) is 11.8 Å². The number of nitriles is 1. The molecule has 1 aromatic heterocycles. The van der Waals surface area contributed by atoms with Crippen LogP contribution in [-0.4, -0.2) is 37.1 Å². The summed E-state index contributed by atoms with van der Waals surface area (Å²) in [5.74, 6) is -0.266.